The van der Waals surface area contributed by atoms with Crippen molar-refractivity contribution in [2.45, 2.75) is 12.8 Å². The van der Waals surface area contributed by atoms with E-state index in [1.165, 1.54) is 40.0 Å². The SMILES string of the molecule is CC1C(c2ccccc2)=C(Nc2cccc(/C(=C/C=N)c3cccnc3)c2)C=C2C1c1ccccc1N2c1ccccc1. The van der Waals surface area contributed by atoms with E-state index in [0.717, 1.165) is 28.1 Å². The molecule has 7 rings (SSSR count). The number of hydrogen-bond donors (Lipinski definition) is 2. The highest BCUT2D eigenvalue weighted by atomic mass is 15.2. The maximum absolute atomic E-state index is 7.79. The van der Waals surface area contributed by atoms with Crippen molar-refractivity contribution in [2.24, 2.45) is 5.92 Å². The largest absolute Gasteiger partial charge is 0.355 e. The number of benzene rings is 4. The third kappa shape index (κ3) is 4.87. The molecular formula is C39H32N4. The van der Waals surface area contributed by atoms with E-state index >= 15 is 0 Å². The van der Waals surface area contributed by atoms with E-state index in [9.17, 15) is 0 Å². The van der Waals surface area contributed by atoms with Gasteiger partial charge in [-0.25, -0.2) is 0 Å². The minimum absolute atomic E-state index is 0.228. The molecule has 2 atom stereocenters. The Bertz CT molecular complexity index is 1870. The average molecular weight is 557 g/mol. The van der Waals surface area contributed by atoms with Gasteiger partial charge in [0.1, 0.15) is 0 Å². The molecule has 4 heteroatoms. The first kappa shape index (κ1) is 26.4. The van der Waals surface area contributed by atoms with Gasteiger partial charge >= 0.3 is 0 Å². The summed E-state index contributed by atoms with van der Waals surface area (Å²) in [6, 6.07) is 42.6. The Morgan fingerprint density at radius 3 is 2.33 bits per heavy atom. The summed E-state index contributed by atoms with van der Waals surface area (Å²) in [5, 5.41) is 11.6. The number of hydrogen-bond acceptors (Lipinski definition) is 4. The van der Waals surface area contributed by atoms with Gasteiger partial charge in [-0.05, 0) is 82.3 Å². The molecule has 2 unspecified atom stereocenters. The van der Waals surface area contributed by atoms with Crippen molar-refractivity contribution in [3.63, 3.8) is 0 Å². The molecule has 1 aromatic heterocycles. The molecule has 208 valence electrons. The predicted octanol–water partition coefficient (Wildman–Crippen LogP) is 9.46. The fraction of sp³-hybridized carbons (Fsp3) is 0.0769. The highest BCUT2D eigenvalue weighted by molar-refractivity contribution is 5.91. The first-order valence-electron chi connectivity index (χ1n) is 14.7. The number of allylic oxidation sites excluding steroid dienone is 4. The smallest absolute Gasteiger partial charge is 0.0497 e. The molecule has 2 heterocycles. The van der Waals surface area contributed by atoms with E-state index < -0.39 is 0 Å². The van der Waals surface area contributed by atoms with Gasteiger partial charge in [-0.2, -0.15) is 0 Å². The van der Waals surface area contributed by atoms with Gasteiger partial charge in [0.25, 0.3) is 0 Å². The Morgan fingerprint density at radius 1 is 0.814 bits per heavy atom. The number of fused-ring (bicyclic) bond motifs is 3. The highest BCUT2D eigenvalue weighted by Gasteiger charge is 2.42. The van der Waals surface area contributed by atoms with Crippen LogP contribution in [0, 0.1) is 11.3 Å². The van der Waals surface area contributed by atoms with Crippen molar-refractivity contribution in [1.82, 2.24) is 4.98 Å². The fourth-order valence-electron chi connectivity index (χ4n) is 6.60. The van der Waals surface area contributed by atoms with E-state index in [0.29, 0.717) is 0 Å². The maximum atomic E-state index is 7.79. The lowest BCUT2D eigenvalue weighted by molar-refractivity contribution is 0.632. The van der Waals surface area contributed by atoms with Gasteiger partial charge in [0.2, 0.25) is 0 Å². The third-order valence-corrected chi connectivity index (χ3v) is 8.40. The molecule has 4 nitrogen and oxygen atoms in total. The van der Waals surface area contributed by atoms with Gasteiger partial charge in [-0.1, -0.05) is 91.9 Å². The lowest BCUT2D eigenvalue weighted by atomic mass is 9.75. The van der Waals surface area contributed by atoms with Gasteiger partial charge in [-0.15, -0.1) is 0 Å². The topological polar surface area (TPSA) is 52.0 Å². The summed E-state index contributed by atoms with van der Waals surface area (Å²) < 4.78 is 0. The zero-order valence-electron chi connectivity index (χ0n) is 24.0. The quantitative estimate of drug-likeness (QED) is 0.196. The fourth-order valence-corrected chi connectivity index (χ4v) is 6.60. The molecule has 43 heavy (non-hydrogen) atoms. The maximum Gasteiger partial charge on any atom is 0.0497 e. The number of anilines is 3. The van der Waals surface area contributed by atoms with Crippen LogP contribution in [0.25, 0.3) is 11.1 Å². The minimum Gasteiger partial charge on any atom is -0.355 e. The summed E-state index contributed by atoms with van der Waals surface area (Å²) in [7, 11) is 0. The Kier molecular flexibility index (Phi) is 7.02. The highest BCUT2D eigenvalue weighted by Crippen LogP contribution is 2.56. The van der Waals surface area contributed by atoms with Crippen LogP contribution >= 0.6 is 0 Å². The first-order chi connectivity index (χ1) is 21.2. The van der Waals surface area contributed by atoms with Gasteiger partial charge < -0.3 is 15.6 Å². The summed E-state index contributed by atoms with van der Waals surface area (Å²) in [5.41, 5.74) is 12.6. The lowest BCUT2D eigenvalue weighted by Gasteiger charge is -2.34. The van der Waals surface area contributed by atoms with Crippen LogP contribution in [0.2, 0.25) is 0 Å². The van der Waals surface area contributed by atoms with E-state index in [-0.39, 0.29) is 11.8 Å². The van der Waals surface area contributed by atoms with Crippen molar-refractivity contribution in [1.29, 1.82) is 5.41 Å². The molecule has 0 fully saturated rings. The first-order valence-corrected chi connectivity index (χ1v) is 14.7. The monoisotopic (exact) mass is 556 g/mol. The van der Waals surface area contributed by atoms with Crippen molar-refractivity contribution in [3.05, 3.63) is 180 Å². The second-order valence-electron chi connectivity index (χ2n) is 11.0. The zero-order chi connectivity index (χ0) is 29.2. The molecule has 0 radical (unpaired) electrons. The molecule has 0 saturated carbocycles. The minimum atomic E-state index is 0.228. The second kappa shape index (κ2) is 11.4. The second-order valence-corrected chi connectivity index (χ2v) is 11.0. The third-order valence-electron chi connectivity index (χ3n) is 8.40. The number of rotatable bonds is 7. The van der Waals surface area contributed by atoms with Crippen LogP contribution in [-0.4, -0.2) is 11.2 Å². The summed E-state index contributed by atoms with van der Waals surface area (Å²) >= 11 is 0. The van der Waals surface area contributed by atoms with Crippen molar-refractivity contribution in [2.75, 3.05) is 10.2 Å². The molecule has 2 aliphatic rings. The number of aromatic nitrogens is 1. The van der Waals surface area contributed by atoms with Crippen LogP contribution in [0.5, 0.6) is 0 Å². The number of nitrogens with one attached hydrogen (secondary N) is 2. The molecule has 5 aromatic rings. The number of para-hydroxylation sites is 2. The van der Waals surface area contributed by atoms with Gasteiger partial charge in [0, 0.05) is 58.5 Å². The van der Waals surface area contributed by atoms with E-state index in [2.05, 4.69) is 137 Å². The van der Waals surface area contributed by atoms with E-state index in [1.807, 2.05) is 24.4 Å². The van der Waals surface area contributed by atoms with Crippen LogP contribution < -0.4 is 10.2 Å². The molecule has 1 aliphatic carbocycles. The van der Waals surface area contributed by atoms with Crippen LogP contribution in [-0.2, 0) is 0 Å². The van der Waals surface area contributed by atoms with Gasteiger partial charge in [-0.3, -0.25) is 4.98 Å². The predicted molar refractivity (Wildman–Crippen MR) is 179 cm³/mol. The molecule has 4 aromatic carbocycles. The number of nitrogens with zero attached hydrogens (tertiary/aromatic N) is 2. The van der Waals surface area contributed by atoms with Crippen molar-refractivity contribution < 1.29 is 0 Å². The van der Waals surface area contributed by atoms with Crippen molar-refractivity contribution in [3.8, 4) is 0 Å². The molecular weight excluding hydrogens is 524 g/mol. The Labute approximate surface area is 252 Å². The molecule has 0 bridgehead atoms. The summed E-state index contributed by atoms with van der Waals surface area (Å²) in [5.74, 6) is 0.461. The van der Waals surface area contributed by atoms with Crippen LogP contribution in [0.15, 0.2) is 157 Å². The van der Waals surface area contributed by atoms with Crippen LogP contribution in [0.1, 0.15) is 35.1 Å². The molecule has 0 spiro atoms. The normalized spacial score (nSPS) is 17.7. The van der Waals surface area contributed by atoms with E-state index in [4.69, 9.17) is 5.41 Å². The van der Waals surface area contributed by atoms with Crippen LogP contribution in [0.3, 0.4) is 0 Å². The Hall–Kier alpha value is -5.48. The van der Waals surface area contributed by atoms with Gasteiger partial charge in [0.05, 0.1) is 0 Å². The lowest BCUT2D eigenvalue weighted by Crippen LogP contribution is -2.24. The molecule has 2 N–H and O–H groups in total. The van der Waals surface area contributed by atoms with Crippen molar-refractivity contribution >= 4 is 34.4 Å². The Balaban J connectivity index is 1.37. The Morgan fingerprint density at radius 2 is 1.56 bits per heavy atom. The van der Waals surface area contributed by atoms with Gasteiger partial charge in [0.15, 0.2) is 0 Å². The summed E-state index contributed by atoms with van der Waals surface area (Å²) in [6.45, 7) is 2.36. The standard InChI is InChI=1S/C39H32N4/c1-27-38(28-12-4-2-5-13-28)35(42-31-16-10-14-29(24-31)33(21-22-40)30-15-11-23-41-26-30)25-37-39(27)34-19-8-9-20-36(34)43(37)32-17-6-3-7-18-32/h2-27,39-40,42H,1H3/b33-21-,40-22?. The zero-order valence-corrected chi connectivity index (χ0v) is 24.0. The number of pyridine rings is 1. The summed E-state index contributed by atoms with van der Waals surface area (Å²) in [4.78, 5) is 6.73. The van der Waals surface area contributed by atoms with Crippen LogP contribution in [0.4, 0.5) is 17.1 Å². The van der Waals surface area contributed by atoms with E-state index in [1.54, 1.807) is 6.20 Å². The molecule has 0 saturated heterocycles. The average Bonchev–Trinajstić information content (AvgIpc) is 3.39. The molecule has 1 aliphatic heterocycles. The molecule has 0 amide bonds. The summed E-state index contributed by atoms with van der Waals surface area (Å²) in [6.07, 6.45) is 9.12.